The Bertz CT molecular complexity index is 929. The van der Waals surface area contributed by atoms with Crippen LogP contribution < -0.4 is 25.2 Å². The summed E-state index contributed by atoms with van der Waals surface area (Å²) < 4.78 is 5.23. The van der Waals surface area contributed by atoms with Gasteiger partial charge in [-0.15, -0.1) is 0 Å². The Morgan fingerprint density at radius 1 is 1.03 bits per heavy atom. The molecule has 2 aliphatic rings. The van der Waals surface area contributed by atoms with Gasteiger partial charge in [0, 0.05) is 38.3 Å². The fraction of sp³-hybridized carbons (Fsp3) is 0.560. The summed E-state index contributed by atoms with van der Waals surface area (Å²) in [5, 5.41) is 7.03. The summed E-state index contributed by atoms with van der Waals surface area (Å²) in [6.07, 6.45) is 6.08. The third kappa shape index (κ3) is 6.25. The third-order valence-electron chi connectivity index (χ3n) is 6.74. The smallest absolute Gasteiger partial charge is 0.232 e. The molecule has 2 fully saturated rings. The number of anilines is 3. The molecule has 2 aliphatic heterocycles. The van der Waals surface area contributed by atoms with Crippen molar-refractivity contribution in [2.24, 2.45) is 5.92 Å². The Labute approximate surface area is 202 Å². The normalized spacial score (nSPS) is 19.3. The molecule has 0 unspecified atom stereocenters. The van der Waals surface area contributed by atoms with E-state index in [0.717, 1.165) is 48.5 Å². The van der Waals surface area contributed by atoms with Gasteiger partial charge in [-0.1, -0.05) is 19.1 Å². The minimum atomic E-state index is 0.482. The molecular formula is C25H36N6OS. The first-order valence-corrected chi connectivity index (χ1v) is 12.5. The molecule has 1 atom stereocenters. The Kier molecular flexibility index (Phi) is 7.85. The second-order valence-electron chi connectivity index (χ2n) is 9.27. The molecule has 178 valence electrons. The maximum atomic E-state index is 5.57. The molecule has 4 rings (SSSR count). The number of hydrogen-bond donors (Lipinski definition) is 2. The quantitative estimate of drug-likeness (QED) is 0.597. The van der Waals surface area contributed by atoms with Gasteiger partial charge in [0.25, 0.3) is 0 Å². The molecule has 0 aliphatic carbocycles. The van der Waals surface area contributed by atoms with E-state index in [1.54, 1.807) is 7.11 Å². The molecule has 0 amide bonds. The molecule has 0 spiro atoms. The summed E-state index contributed by atoms with van der Waals surface area (Å²) in [5.74, 6) is 4.16. The Balaban J connectivity index is 1.48. The molecule has 1 aromatic carbocycles. The average Bonchev–Trinajstić information content (AvgIpc) is 2.83. The Morgan fingerprint density at radius 3 is 2.45 bits per heavy atom. The fourth-order valence-corrected chi connectivity index (χ4v) is 4.70. The molecule has 0 bridgehead atoms. The van der Waals surface area contributed by atoms with Crippen molar-refractivity contribution >= 4 is 34.9 Å². The molecule has 2 aromatic rings. The van der Waals surface area contributed by atoms with Gasteiger partial charge in [0.2, 0.25) is 5.95 Å². The summed E-state index contributed by atoms with van der Waals surface area (Å²) in [6, 6.07) is 10.6. The highest BCUT2D eigenvalue weighted by molar-refractivity contribution is 7.80. The van der Waals surface area contributed by atoms with Crippen molar-refractivity contribution in [1.29, 1.82) is 0 Å². The van der Waals surface area contributed by atoms with Crippen LogP contribution in [0.5, 0.6) is 5.75 Å². The highest BCUT2D eigenvalue weighted by Gasteiger charge is 2.24. The van der Waals surface area contributed by atoms with Crippen LogP contribution in [0, 0.1) is 5.92 Å². The zero-order chi connectivity index (χ0) is 23.2. The van der Waals surface area contributed by atoms with Gasteiger partial charge in [0.15, 0.2) is 5.11 Å². The van der Waals surface area contributed by atoms with Gasteiger partial charge in [-0.05, 0) is 74.9 Å². The van der Waals surface area contributed by atoms with Gasteiger partial charge in [-0.25, -0.2) is 0 Å². The Hall–Kier alpha value is -2.61. The van der Waals surface area contributed by atoms with Crippen molar-refractivity contribution in [3.8, 4) is 5.75 Å². The molecule has 7 nitrogen and oxygen atoms in total. The lowest BCUT2D eigenvalue weighted by Crippen LogP contribution is -2.39. The van der Waals surface area contributed by atoms with Gasteiger partial charge >= 0.3 is 0 Å². The van der Waals surface area contributed by atoms with E-state index in [4.69, 9.17) is 26.9 Å². The van der Waals surface area contributed by atoms with Crippen molar-refractivity contribution in [2.75, 3.05) is 41.9 Å². The number of piperidine rings is 2. The Morgan fingerprint density at radius 2 is 1.76 bits per heavy atom. The predicted octanol–water partition coefficient (Wildman–Crippen LogP) is 4.59. The minimum absolute atomic E-state index is 0.482. The van der Waals surface area contributed by atoms with Crippen LogP contribution in [0.3, 0.4) is 0 Å². The number of rotatable bonds is 6. The van der Waals surface area contributed by atoms with E-state index in [-0.39, 0.29) is 0 Å². The van der Waals surface area contributed by atoms with Gasteiger partial charge in [0.1, 0.15) is 17.4 Å². The first-order valence-electron chi connectivity index (χ1n) is 12.1. The van der Waals surface area contributed by atoms with Crippen LogP contribution in [-0.4, -0.2) is 47.9 Å². The zero-order valence-corrected chi connectivity index (χ0v) is 20.8. The average molecular weight is 469 g/mol. The van der Waals surface area contributed by atoms with E-state index < -0.39 is 0 Å². The largest absolute Gasteiger partial charge is 0.497 e. The first-order chi connectivity index (χ1) is 16.0. The third-order valence-corrected chi connectivity index (χ3v) is 6.99. The second-order valence-corrected chi connectivity index (χ2v) is 9.68. The lowest BCUT2D eigenvalue weighted by Gasteiger charge is -2.36. The molecule has 0 saturated carbocycles. The van der Waals surface area contributed by atoms with E-state index in [0.29, 0.717) is 23.6 Å². The van der Waals surface area contributed by atoms with E-state index in [1.165, 1.54) is 32.1 Å². The molecule has 8 heteroatoms. The summed E-state index contributed by atoms with van der Waals surface area (Å²) in [6.45, 7) is 8.35. The summed E-state index contributed by atoms with van der Waals surface area (Å²) >= 11 is 5.57. The van der Waals surface area contributed by atoms with Crippen LogP contribution in [-0.2, 0) is 6.54 Å². The molecule has 1 aromatic heterocycles. The maximum absolute atomic E-state index is 5.57. The lowest BCUT2D eigenvalue weighted by atomic mass is 9.99. The van der Waals surface area contributed by atoms with Crippen molar-refractivity contribution in [3.63, 3.8) is 0 Å². The predicted molar refractivity (Wildman–Crippen MR) is 139 cm³/mol. The van der Waals surface area contributed by atoms with Crippen molar-refractivity contribution in [2.45, 2.75) is 58.5 Å². The molecule has 0 radical (unpaired) electrons. The summed E-state index contributed by atoms with van der Waals surface area (Å²) in [4.78, 5) is 14.5. The van der Waals surface area contributed by atoms with Gasteiger partial charge in [-0.2, -0.15) is 9.97 Å². The number of aromatic nitrogens is 2. The summed E-state index contributed by atoms with van der Waals surface area (Å²) in [5.41, 5.74) is 1.12. The minimum Gasteiger partial charge on any atom is -0.497 e. The lowest BCUT2D eigenvalue weighted by molar-refractivity contribution is 0.414. The maximum Gasteiger partial charge on any atom is 0.232 e. The second kappa shape index (κ2) is 11.0. The fourth-order valence-electron chi connectivity index (χ4n) is 4.53. The molecule has 33 heavy (non-hydrogen) atoms. The topological polar surface area (TPSA) is 65.6 Å². The van der Waals surface area contributed by atoms with E-state index in [2.05, 4.69) is 40.3 Å². The zero-order valence-electron chi connectivity index (χ0n) is 20.0. The summed E-state index contributed by atoms with van der Waals surface area (Å²) in [7, 11) is 1.67. The number of methoxy groups -OCH3 is 1. The monoisotopic (exact) mass is 468 g/mol. The SMILES string of the molecule is COc1ccc(CNC(=S)Nc2nc(N3CCC(C)CC3)cc(N3CCCC[C@H]3C)n2)cc1. The van der Waals surface area contributed by atoms with Crippen LogP contribution >= 0.6 is 12.2 Å². The molecule has 2 N–H and O–H groups in total. The number of hydrogen-bond acceptors (Lipinski definition) is 6. The van der Waals surface area contributed by atoms with Crippen molar-refractivity contribution < 1.29 is 4.74 Å². The van der Waals surface area contributed by atoms with Gasteiger partial charge in [0.05, 0.1) is 7.11 Å². The highest BCUT2D eigenvalue weighted by Crippen LogP contribution is 2.29. The van der Waals surface area contributed by atoms with Gasteiger partial charge in [-0.3, -0.25) is 0 Å². The number of nitrogens with one attached hydrogen (secondary N) is 2. The molecular weight excluding hydrogens is 432 g/mol. The number of benzene rings is 1. The van der Waals surface area contributed by atoms with Crippen molar-refractivity contribution in [3.05, 3.63) is 35.9 Å². The van der Waals surface area contributed by atoms with E-state index >= 15 is 0 Å². The van der Waals surface area contributed by atoms with Crippen LogP contribution in [0.4, 0.5) is 17.6 Å². The number of nitrogens with zero attached hydrogens (tertiary/aromatic N) is 4. The molecule has 2 saturated heterocycles. The molecule has 3 heterocycles. The van der Waals surface area contributed by atoms with Crippen LogP contribution in [0.2, 0.25) is 0 Å². The van der Waals surface area contributed by atoms with Crippen LogP contribution in [0.25, 0.3) is 0 Å². The highest BCUT2D eigenvalue weighted by atomic mass is 32.1. The standard InChI is InChI=1S/C25H36N6OS/c1-18-11-14-30(15-12-18)22-16-23(31-13-5-4-6-19(31)2)28-24(27-22)29-25(33)26-17-20-7-9-21(32-3)10-8-20/h7-10,16,18-19H,4-6,11-15,17H2,1-3H3,(H2,26,27,28,29,33)/t19-/m1/s1. The first kappa shape index (κ1) is 23.5. The van der Waals surface area contributed by atoms with Crippen molar-refractivity contribution in [1.82, 2.24) is 15.3 Å². The number of thiocarbonyl (C=S) groups is 1. The van der Waals surface area contributed by atoms with Crippen LogP contribution in [0.1, 0.15) is 51.5 Å². The number of ether oxygens (including phenoxy) is 1. The van der Waals surface area contributed by atoms with E-state index in [1.807, 2.05) is 24.3 Å². The van der Waals surface area contributed by atoms with Gasteiger partial charge < -0.3 is 25.2 Å². The van der Waals surface area contributed by atoms with E-state index in [9.17, 15) is 0 Å². The van der Waals surface area contributed by atoms with Crippen LogP contribution in [0.15, 0.2) is 30.3 Å².